The van der Waals surface area contributed by atoms with Crippen LogP contribution in [0.2, 0.25) is 0 Å². The van der Waals surface area contributed by atoms with E-state index in [4.69, 9.17) is 14.2 Å². The molecule has 0 aromatic heterocycles. The van der Waals surface area contributed by atoms with Crippen molar-refractivity contribution >= 4 is 17.9 Å². The van der Waals surface area contributed by atoms with Gasteiger partial charge in [0.1, 0.15) is 6.61 Å². The van der Waals surface area contributed by atoms with E-state index >= 15 is 0 Å². The molecule has 0 aromatic rings. The van der Waals surface area contributed by atoms with E-state index in [9.17, 15) is 19.5 Å². The monoisotopic (exact) mass is 823 g/mol. The van der Waals surface area contributed by atoms with Crippen molar-refractivity contribution in [2.24, 2.45) is 0 Å². The number of esters is 2. The minimum atomic E-state index is -0.892. The second-order valence-electron chi connectivity index (χ2n) is 16.0. The molecule has 334 valence electrons. The lowest BCUT2D eigenvalue weighted by atomic mass is 10.1. The van der Waals surface area contributed by atoms with Crippen molar-refractivity contribution < 1.29 is 38.2 Å². The van der Waals surface area contributed by atoms with Crippen LogP contribution in [-0.4, -0.2) is 80.6 Å². The lowest BCUT2D eigenvalue weighted by molar-refractivity contribution is -0.887. The van der Waals surface area contributed by atoms with Gasteiger partial charge >= 0.3 is 17.9 Å². The van der Waals surface area contributed by atoms with Crippen molar-refractivity contribution in [3.8, 4) is 0 Å². The molecule has 8 nitrogen and oxygen atoms in total. The molecule has 2 unspecified atom stereocenters. The number of hydrogen-bond donors (Lipinski definition) is 1. The summed E-state index contributed by atoms with van der Waals surface area (Å²) >= 11 is 0. The molecule has 8 heteroatoms. The third kappa shape index (κ3) is 39.5. The normalized spacial score (nSPS) is 13.8. The van der Waals surface area contributed by atoms with Crippen LogP contribution in [0.25, 0.3) is 0 Å². The molecule has 2 atom stereocenters. The summed E-state index contributed by atoms with van der Waals surface area (Å²) in [4.78, 5) is 37.0. The summed E-state index contributed by atoms with van der Waals surface area (Å²) in [5, 5.41) is 9.62. The predicted octanol–water partition coefficient (Wildman–Crippen LogP) is 12.7. The fourth-order valence-electron chi connectivity index (χ4n) is 6.07. The van der Waals surface area contributed by atoms with Crippen LogP contribution in [-0.2, 0) is 28.6 Å². The van der Waals surface area contributed by atoms with E-state index in [0.29, 0.717) is 19.3 Å². The van der Waals surface area contributed by atoms with Gasteiger partial charge in [-0.3, -0.25) is 9.59 Å². The molecule has 0 aliphatic carbocycles. The van der Waals surface area contributed by atoms with Crippen LogP contribution < -0.4 is 0 Å². The first-order valence-electron chi connectivity index (χ1n) is 22.8. The predicted molar refractivity (Wildman–Crippen MR) is 247 cm³/mol. The van der Waals surface area contributed by atoms with Gasteiger partial charge in [0.15, 0.2) is 12.1 Å². The summed E-state index contributed by atoms with van der Waals surface area (Å²) in [5.41, 5.74) is 0. The maximum Gasteiger partial charge on any atom is 0.362 e. The Morgan fingerprint density at radius 3 is 1.59 bits per heavy atom. The van der Waals surface area contributed by atoms with Crippen LogP contribution in [0, 0.1) is 0 Å². The van der Waals surface area contributed by atoms with Crippen molar-refractivity contribution in [2.75, 3.05) is 41.0 Å². The highest BCUT2D eigenvalue weighted by atomic mass is 16.6. The molecule has 0 spiro atoms. The van der Waals surface area contributed by atoms with Crippen LogP contribution in [0.5, 0.6) is 0 Å². The molecule has 0 radical (unpaired) electrons. The third-order valence-corrected chi connectivity index (χ3v) is 9.60. The van der Waals surface area contributed by atoms with Crippen molar-refractivity contribution in [1.29, 1.82) is 0 Å². The highest BCUT2D eigenvalue weighted by molar-refractivity contribution is 5.72. The molecule has 0 rings (SSSR count). The highest BCUT2D eigenvalue weighted by Gasteiger charge is 2.31. The average Bonchev–Trinajstić information content (AvgIpc) is 3.19. The number of carbonyl (C=O) groups excluding carboxylic acids is 2. The number of hydrogen-bond acceptors (Lipinski definition) is 6. The second kappa shape index (κ2) is 41.0. The fourth-order valence-corrected chi connectivity index (χ4v) is 6.07. The SMILES string of the molecule is CC/C=C/C=C/C=C/C=C/C=C/CCCC(=O)OC(COCCC(C(=O)O)[N+](C)(C)C)COC(=O)CCCCCCCCCCC/C=C/C/C=C/C/C=C/CCCCC. The van der Waals surface area contributed by atoms with Gasteiger partial charge in [0.05, 0.1) is 34.4 Å². The average molecular weight is 823 g/mol. The summed E-state index contributed by atoms with van der Waals surface area (Å²) in [5.74, 6) is -1.58. The number of ether oxygens (including phenoxy) is 3. The first-order valence-corrected chi connectivity index (χ1v) is 22.8. The van der Waals surface area contributed by atoms with Crippen molar-refractivity contribution in [3.63, 3.8) is 0 Å². The Labute approximate surface area is 360 Å². The summed E-state index contributed by atoms with van der Waals surface area (Å²) in [6, 6.07) is -0.634. The van der Waals surface area contributed by atoms with Crippen LogP contribution >= 0.6 is 0 Å². The summed E-state index contributed by atoms with van der Waals surface area (Å²) in [6.45, 7) is 4.46. The van der Waals surface area contributed by atoms with Crippen LogP contribution in [0.15, 0.2) is 97.2 Å². The number of unbranched alkanes of at least 4 members (excludes halogenated alkanes) is 13. The van der Waals surface area contributed by atoms with E-state index in [1.807, 2.05) is 75.8 Å². The van der Waals surface area contributed by atoms with Crippen molar-refractivity contribution in [3.05, 3.63) is 97.2 Å². The molecule has 0 bridgehead atoms. The number of aliphatic carboxylic acids is 1. The van der Waals surface area contributed by atoms with Crippen LogP contribution in [0.4, 0.5) is 0 Å². The zero-order chi connectivity index (χ0) is 43.5. The maximum absolute atomic E-state index is 12.7. The molecule has 0 aliphatic heterocycles. The Balaban J connectivity index is 4.36. The van der Waals surface area contributed by atoms with Crippen molar-refractivity contribution in [2.45, 2.75) is 167 Å². The molecule has 0 heterocycles. The van der Waals surface area contributed by atoms with E-state index in [0.717, 1.165) is 51.4 Å². The highest BCUT2D eigenvalue weighted by Crippen LogP contribution is 2.13. The maximum atomic E-state index is 12.7. The number of carbonyl (C=O) groups is 3. The van der Waals surface area contributed by atoms with Crippen LogP contribution in [0.1, 0.15) is 155 Å². The van der Waals surface area contributed by atoms with Gasteiger partial charge in [-0.1, -0.05) is 169 Å². The Hall–Kier alpha value is -3.75. The van der Waals surface area contributed by atoms with Gasteiger partial charge in [0, 0.05) is 19.3 Å². The van der Waals surface area contributed by atoms with Gasteiger partial charge in [0.2, 0.25) is 0 Å². The Morgan fingerprint density at radius 2 is 1.03 bits per heavy atom. The molecule has 0 saturated carbocycles. The molecule has 1 N–H and O–H groups in total. The summed E-state index contributed by atoms with van der Waals surface area (Å²) in [6.07, 6.45) is 54.7. The molecule has 0 fully saturated rings. The Morgan fingerprint density at radius 1 is 0.542 bits per heavy atom. The fraction of sp³-hybridized carbons (Fsp3) is 0.627. The Kier molecular flexibility index (Phi) is 38.4. The van der Waals surface area contributed by atoms with Gasteiger partial charge in [-0.25, -0.2) is 4.79 Å². The number of likely N-dealkylation sites (N-methyl/N-ethyl adjacent to an activating group) is 1. The van der Waals surface area contributed by atoms with Gasteiger partial charge in [-0.2, -0.15) is 0 Å². The number of nitrogens with zero attached hydrogens (tertiary/aromatic N) is 1. The summed E-state index contributed by atoms with van der Waals surface area (Å²) < 4.78 is 17.2. The van der Waals surface area contributed by atoms with Crippen LogP contribution in [0.3, 0.4) is 0 Å². The van der Waals surface area contributed by atoms with Crippen molar-refractivity contribution in [1.82, 2.24) is 0 Å². The number of carboxylic acid groups (broad SMARTS) is 1. The first kappa shape index (κ1) is 55.2. The molecular weight excluding hydrogens is 739 g/mol. The second-order valence-corrected chi connectivity index (χ2v) is 16.0. The zero-order valence-corrected chi connectivity index (χ0v) is 37.9. The largest absolute Gasteiger partial charge is 0.477 e. The molecule has 0 aliphatic rings. The minimum absolute atomic E-state index is 0.0245. The molecule has 0 amide bonds. The standard InChI is InChI=1S/C51H83NO7/c1-6-8-10-12-14-16-18-20-21-22-23-24-25-26-27-28-30-31-33-35-37-39-41-49(53)58-46-47(45-57-44-43-48(51(55)56)52(3,4)5)59-50(54)42-40-38-36-34-32-29-19-17-15-13-11-9-7-2/h9,11,13-17,19-21,23-24,29,32,34,36,47-48H,6-8,10,12,18,22,25-28,30-31,33,35,37-46H2,1-5H3/p+1/b11-9+,15-13+,16-14+,19-17+,21-20+,24-23+,32-29+,36-34+. The van der Waals surface area contributed by atoms with Gasteiger partial charge < -0.3 is 23.8 Å². The van der Waals surface area contributed by atoms with E-state index < -0.39 is 18.1 Å². The van der Waals surface area contributed by atoms with Gasteiger partial charge in [-0.15, -0.1) is 0 Å². The van der Waals surface area contributed by atoms with E-state index in [2.05, 4.69) is 56.4 Å². The van der Waals surface area contributed by atoms with E-state index in [-0.39, 0.29) is 42.7 Å². The number of carboxylic acids is 1. The summed E-state index contributed by atoms with van der Waals surface area (Å²) in [7, 11) is 5.49. The number of rotatable bonds is 39. The Bertz CT molecular complexity index is 1280. The topological polar surface area (TPSA) is 99.1 Å². The first-order chi connectivity index (χ1) is 28.6. The quantitative estimate of drug-likeness (QED) is 0.0217. The van der Waals surface area contributed by atoms with Gasteiger partial charge in [0.25, 0.3) is 0 Å². The molecule has 0 aromatic carbocycles. The molecular formula is C51H84NO7+. The minimum Gasteiger partial charge on any atom is -0.477 e. The van der Waals surface area contributed by atoms with E-state index in [1.54, 1.807) is 0 Å². The number of allylic oxidation sites excluding steroid dienone is 16. The van der Waals surface area contributed by atoms with Gasteiger partial charge in [-0.05, 0) is 64.2 Å². The zero-order valence-electron chi connectivity index (χ0n) is 37.9. The molecule has 0 saturated heterocycles. The number of quaternary nitrogens is 1. The smallest absolute Gasteiger partial charge is 0.362 e. The lowest BCUT2D eigenvalue weighted by Crippen LogP contribution is -2.50. The third-order valence-electron chi connectivity index (χ3n) is 9.60. The molecule has 59 heavy (non-hydrogen) atoms. The lowest BCUT2D eigenvalue weighted by Gasteiger charge is -2.31. The van der Waals surface area contributed by atoms with E-state index in [1.165, 1.54) is 64.2 Å².